The number of pyridine rings is 1. The van der Waals surface area contributed by atoms with Gasteiger partial charge in [-0.3, -0.25) is 4.90 Å². The van der Waals surface area contributed by atoms with E-state index in [-0.39, 0.29) is 20.8 Å². The fourth-order valence-corrected chi connectivity index (χ4v) is 2.93. The minimum Gasteiger partial charge on any atom is -0.465 e. The lowest BCUT2D eigenvalue weighted by molar-refractivity contribution is 0.203. The standard InChI is InChI=1S/C13H7Cl3FN3O2/c1-20(13(21)22)11-9(16)6(17)2-4-7-8(15)5(14)3-18-12(7)19-10(4)11/h2-3H,1H3,(H,18,19)(H,21,22). The van der Waals surface area contributed by atoms with Gasteiger partial charge in [-0.05, 0) is 6.07 Å². The Morgan fingerprint density at radius 1 is 1.36 bits per heavy atom. The molecule has 0 spiro atoms. The number of aromatic nitrogens is 2. The zero-order valence-electron chi connectivity index (χ0n) is 10.9. The molecular formula is C13H7Cl3FN3O2. The predicted molar refractivity (Wildman–Crippen MR) is 85.0 cm³/mol. The summed E-state index contributed by atoms with van der Waals surface area (Å²) in [6.45, 7) is 0. The topological polar surface area (TPSA) is 69.2 Å². The van der Waals surface area contributed by atoms with Gasteiger partial charge in [0.1, 0.15) is 16.5 Å². The Morgan fingerprint density at radius 2 is 2.05 bits per heavy atom. The molecule has 0 saturated carbocycles. The minimum atomic E-state index is -1.29. The number of halogens is 4. The average molecular weight is 363 g/mol. The van der Waals surface area contributed by atoms with Crippen molar-refractivity contribution in [3.63, 3.8) is 0 Å². The lowest BCUT2D eigenvalue weighted by Gasteiger charge is -2.16. The van der Waals surface area contributed by atoms with E-state index in [0.29, 0.717) is 21.9 Å². The van der Waals surface area contributed by atoms with Crippen LogP contribution in [0.2, 0.25) is 15.1 Å². The predicted octanol–water partition coefficient (Wildman–Crippen LogP) is 4.93. The molecule has 0 bridgehead atoms. The van der Waals surface area contributed by atoms with Crippen molar-refractivity contribution in [3.8, 4) is 0 Å². The monoisotopic (exact) mass is 361 g/mol. The van der Waals surface area contributed by atoms with Crippen LogP contribution < -0.4 is 4.90 Å². The molecule has 2 aromatic heterocycles. The van der Waals surface area contributed by atoms with Crippen molar-refractivity contribution >= 4 is 68.5 Å². The number of nitrogens with one attached hydrogen (secondary N) is 1. The van der Waals surface area contributed by atoms with Crippen LogP contribution in [0.15, 0.2) is 12.3 Å². The van der Waals surface area contributed by atoms with Crippen LogP contribution in [0.4, 0.5) is 14.9 Å². The molecule has 0 aliphatic carbocycles. The number of H-pyrrole nitrogens is 1. The van der Waals surface area contributed by atoms with Crippen LogP contribution in [0.5, 0.6) is 0 Å². The van der Waals surface area contributed by atoms with Crippen LogP contribution in [0.25, 0.3) is 21.9 Å². The molecule has 0 unspecified atom stereocenters. The Bertz CT molecular complexity index is 942. The number of fused-ring (bicyclic) bond motifs is 3. The van der Waals surface area contributed by atoms with Gasteiger partial charge in [-0.2, -0.15) is 0 Å². The molecule has 0 radical (unpaired) electrons. The van der Waals surface area contributed by atoms with E-state index in [2.05, 4.69) is 9.97 Å². The van der Waals surface area contributed by atoms with Gasteiger partial charge in [0.05, 0.1) is 21.2 Å². The van der Waals surface area contributed by atoms with Crippen LogP contribution in [0, 0.1) is 5.82 Å². The number of anilines is 1. The Balaban J connectivity index is 2.53. The van der Waals surface area contributed by atoms with E-state index >= 15 is 0 Å². The molecule has 1 aromatic carbocycles. The molecule has 0 fully saturated rings. The van der Waals surface area contributed by atoms with Crippen molar-refractivity contribution in [1.29, 1.82) is 0 Å². The number of carbonyl (C=O) groups is 1. The molecule has 0 aliphatic heterocycles. The number of amides is 1. The Kier molecular flexibility index (Phi) is 3.55. The lowest BCUT2D eigenvalue weighted by Crippen LogP contribution is -2.24. The molecule has 2 N–H and O–H groups in total. The van der Waals surface area contributed by atoms with E-state index in [1.807, 2.05) is 0 Å². The number of nitrogens with zero attached hydrogens (tertiary/aromatic N) is 2. The third-order valence-corrected chi connectivity index (χ3v) is 4.44. The smallest absolute Gasteiger partial charge is 0.411 e. The third kappa shape index (κ3) is 2.06. The summed E-state index contributed by atoms with van der Waals surface area (Å²) in [4.78, 5) is 19.0. The molecule has 22 heavy (non-hydrogen) atoms. The molecule has 0 saturated heterocycles. The second-order valence-electron chi connectivity index (χ2n) is 4.55. The van der Waals surface area contributed by atoms with Crippen molar-refractivity contribution in [3.05, 3.63) is 33.1 Å². The first-order valence-electron chi connectivity index (χ1n) is 5.93. The van der Waals surface area contributed by atoms with Crippen LogP contribution in [0.1, 0.15) is 0 Å². The Labute approximate surface area is 138 Å². The summed E-state index contributed by atoms with van der Waals surface area (Å²) in [5, 5.41) is 9.99. The van der Waals surface area contributed by atoms with Crippen molar-refractivity contribution in [2.24, 2.45) is 0 Å². The Hall–Kier alpha value is -1.76. The highest BCUT2D eigenvalue weighted by Crippen LogP contribution is 2.41. The molecular weight excluding hydrogens is 356 g/mol. The summed E-state index contributed by atoms with van der Waals surface area (Å²) >= 11 is 18.0. The first kappa shape index (κ1) is 15.1. The zero-order chi connectivity index (χ0) is 16.2. The highest BCUT2D eigenvalue weighted by Gasteiger charge is 2.23. The highest BCUT2D eigenvalue weighted by molar-refractivity contribution is 6.46. The maximum Gasteiger partial charge on any atom is 0.411 e. The van der Waals surface area contributed by atoms with Gasteiger partial charge in [-0.25, -0.2) is 14.2 Å². The van der Waals surface area contributed by atoms with Crippen molar-refractivity contribution < 1.29 is 14.3 Å². The van der Waals surface area contributed by atoms with Crippen molar-refractivity contribution in [1.82, 2.24) is 9.97 Å². The van der Waals surface area contributed by atoms with Crippen LogP contribution in [-0.2, 0) is 0 Å². The van der Waals surface area contributed by atoms with Gasteiger partial charge in [-0.1, -0.05) is 34.8 Å². The summed E-state index contributed by atoms with van der Waals surface area (Å²) in [7, 11) is 1.26. The number of hydrogen-bond donors (Lipinski definition) is 2. The van der Waals surface area contributed by atoms with Gasteiger partial charge in [-0.15, -0.1) is 0 Å². The summed E-state index contributed by atoms with van der Waals surface area (Å²) in [5.41, 5.74) is 0.642. The molecule has 2 heterocycles. The summed E-state index contributed by atoms with van der Waals surface area (Å²) < 4.78 is 14.1. The number of aromatic amines is 1. The quantitative estimate of drug-likeness (QED) is 0.645. The van der Waals surface area contributed by atoms with Gasteiger partial charge in [0.2, 0.25) is 0 Å². The van der Waals surface area contributed by atoms with Gasteiger partial charge >= 0.3 is 6.09 Å². The Morgan fingerprint density at radius 3 is 2.68 bits per heavy atom. The summed E-state index contributed by atoms with van der Waals surface area (Å²) in [5.74, 6) is -0.769. The first-order valence-corrected chi connectivity index (χ1v) is 7.06. The number of hydrogen-bond acceptors (Lipinski definition) is 2. The molecule has 1 amide bonds. The van der Waals surface area contributed by atoms with Crippen LogP contribution >= 0.6 is 34.8 Å². The largest absolute Gasteiger partial charge is 0.465 e. The van der Waals surface area contributed by atoms with Crippen molar-refractivity contribution in [2.75, 3.05) is 11.9 Å². The molecule has 0 aliphatic rings. The molecule has 3 aromatic rings. The number of carboxylic acid groups (broad SMARTS) is 1. The summed E-state index contributed by atoms with van der Waals surface area (Å²) in [6.07, 6.45) is 0.0599. The summed E-state index contributed by atoms with van der Waals surface area (Å²) in [6, 6.07) is 1.17. The average Bonchev–Trinajstić information content (AvgIpc) is 2.82. The number of rotatable bonds is 1. The maximum atomic E-state index is 14.1. The maximum absolute atomic E-state index is 14.1. The molecule has 5 nitrogen and oxygen atoms in total. The zero-order valence-corrected chi connectivity index (χ0v) is 13.2. The number of benzene rings is 1. The second-order valence-corrected chi connectivity index (χ2v) is 5.72. The van der Waals surface area contributed by atoms with E-state index in [4.69, 9.17) is 39.9 Å². The van der Waals surface area contributed by atoms with Gasteiger partial charge in [0.15, 0.2) is 0 Å². The highest BCUT2D eigenvalue weighted by atomic mass is 35.5. The fraction of sp³-hybridized carbons (Fsp3) is 0.0769. The van der Waals surface area contributed by atoms with E-state index in [0.717, 1.165) is 4.90 Å². The lowest BCUT2D eigenvalue weighted by atomic mass is 10.1. The van der Waals surface area contributed by atoms with E-state index in [1.54, 1.807) is 0 Å². The molecule has 0 atom stereocenters. The van der Waals surface area contributed by atoms with E-state index < -0.39 is 11.9 Å². The van der Waals surface area contributed by atoms with Gasteiger partial charge < -0.3 is 10.1 Å². The SMILES string of the molecule is CN(C(=O)O)c1c(Cl)c(F)cc2c1[nH]c1ncc(Cl)c(Cl)c12. The van der Waals surface area contributed by atoms with Crippen molar-refractivity contribution in [2.45, 2.75) is 0 Å². The molecule has 9 heteroatoms. The van der Waals surface area contributed by atoms with E-state index in [1.165, 1.54) is 19.3 Å². The van der Waals surface area contributed by atoms with Gasteiger partial charge in [0.25, 0.3) is 0 Å². The fourth-order valence-electron chi connectivity index (χ4n) is 2.27. The third-order valence-electron chi connectivity index (χ3n) is 3.30. The second kappa shape index (κ2) is 5.15. The minimum absolute atomic E-state index is 0.0191. The van der Waals surface area contributed by atoms with Crippen LogP contribution in [0.3, 0.4) is 0 Å². The normalized spacial score (nSPS) is 11.3. The van der Waals surface area contributed by atoms with E-state index in [9.17, 15) is 9.18 Å². The van der Waals surface area contributed by atoms with Crippen LogP contribution in [-0.4, -0.2) is 28.2 Å². The first-order chi connectivity index (χ1) is 10.3. The molecule has 114 valence electrons. The molecule has 3 rings (SSSR count). The van der Waals surface area contributed by atoms with Gasteiger partial charge in [0, 0.05) is 24.0 Å².